The van der Waals surface area contributed by atoms with Gasteiger partial charge in [-0.05, 0) is 18.1 Å². The zero-order valence-electron chi connectivity index (χ0n) is 16.8. The number of nitrogens with one attached hydrogen (secondary N) is 1. The Morgan fingerprint density at radius 3 is 1.85 bits per heavy atom. The Hall–Kier alpha value is -0.730. The van der Waals surface area contributed by atoms with E-state index >= 15 is 0 Å². The molecule has 0 bridgehead atoms. The third-order valence-electron chi connectivity index (χ3n) is 4.10. The number of aliphatic hydroxyl groups excluding tert-OH is 2. The Labute approximate surface area is 159 Å². The molecule has 7 nitrogen and oxygen atoms in total. The smallest absolute Gasteiger partial charge is 0.221 e. The molecule has 0 spiro atoms. The van der Waals surface area contributed by atoms with Crippen LogP contribution in [0.25, 0.3) is 0 Å². The zero-order valence-corrected chi connectivity index (χ0v) is 16.8. The van der Waals surface area contributed by atoms with E-state index in [4.69, 9.17) is 19.9 Å². The number of nitrogens with zero attached hydrogens (tertiary/aromatic N) is 1. The average Bonchev–Trinajstić information content (AvgIpc) is 2.65. The van der Waals surface area contributed by atoms with Crippen molar-refractivity contribution in [3.05, 3.63) is 0 Å². The summed E-state index contributed by atoms with van der Waals surface area (Å²) in [7, 11) is 0. The van der Waals surface area contributed by atoms with E-state index in [1.54, 1.807) is 0 Å². The Bertz CT molecular complexity index is 310. The fourth-order valence-corrected chi connectivity index (χ4v) is 2.64. The molecule has 0 aliphatic carbocycles. The second kappa shape index (κ2) is 19.0. The summed E-state index contributed by atoms with van der Waals surface area (Å²) in [4.78, 5) is 22.7. The van der Waals surface area contributed by atoms with Crippen LogP contribution >= 0.6 is 0 Å². The van der Waals surface area contributed by atoms with Gasteiger partial charge in [0, 0.05) is 6.42 Å². The van der Waals surface area contributed by atoms with E-state index < -0.39 is 6.17 Å². The predicted octanol–water partition coefficient (Wildman–Crippen LogP) is 2.91. The van der Waals surface area contributed by atoms with Crippen LogP contribution in [0.2, 0.25) is 0 Å². The number of hydroxylamine groups is 2. The third-order valence-corrected chi connectivity index (χ3v) is 4.10. The van der Waals surface area contributed by atoms with Crippen molar-refractivity contribution < 1.29 is 24.7 Å². The van der Waals surface area contributed by atoms with Crippen molar-refractivity contribution in [2.75, 3.05) is 26.4 Å². The number of amides is 1. The molecule has 0 aliphatic heterocycles. The number of carbonyl (C=O) groups excluding carboxylic acids is 1. The molecule has 26 heavy (non-hydrogen) atoms. The van der Waals surface area contributed by atoms with Gasteiger partial charge in [0.25, 0.3) is 0 Å². The second-order valence-electron chi connectivity index (χ2n) is 6.47. The first-order chi connectivity index (χ1) is 12.7. The maximum absolute atomic E-state index is 12.1. The van der Waals surface area contributed by atoms with Crippen LogP contribution in [0.3, 0.4) is 0 Å². The molecule has 0 radical (unpaired) electrons. The van der Waals surface area contributed by atoms with Crippen molar-refractivity contribution in [3.8, 4) is 0 Å². The van der Waals surface area contributed by atoms with Gasteiger partial charge in [-0.1, -0.05) is 65.2 Å². The van der Waals surface area contributed by atoms with Gasteiger partial charge in [-0.25, -0.2) is 0 Å². The van der Waals surface area contributed by atoms with Crippen LogP contribution in [0.4, 0.5) is 0 Å². The van der Waals surface area contributed by atoms with Crippen LogP contribution in [0.5, 0.6) is 0 Å². The lowest BCUT2D eigenvalue weighted by atomic mass is 10.1. The topological polar surface area (TPSA) is 91.3 Å². The molecule has 0 aromatic heterocycles. The van der Waals surface area contributed by atoms with E-state index in [0.29, 0.717) is 12.8 Å². The molecular formula is C19H40N2O5. The monoisotopic (exact) mass is 376 g/mol. The van der Waals surface area contributed by atoms with Crippen LogP contribution in [-0.4, -0.2) is 53.9 Å². The van der Waals surface area contributed by atoms with Gasteiger partial charge in [0.05, 0.1) is 26.4 Å². The lowest BCUT2D eigenvalue weighted by Crippen LogP contribution is -2.48. The quantitative estimate of drug-likeness (QED) is 0.182. The highest BCUT2D eigenvalue weighted by Gasteiger charge is 2.20. The van der Waals surface area contributed by atoms with Crippen LogP contribution in [-0.2, 0) is 14.5 Å². The maximum atomic E-state index is 12.1. The summed E-state index contributed by atoms with van der Waals surface area (Å²) in [5, 5.41) is 21.8. The average molecular weight is 377 g/mol. The summed E-state index contributed by atoms with van der Waals surface area (Å²) >= 11 is 0. The van der Waals surface area contributed by atoms with Gasteiger partial charge in [-0.2, -0.15) is 0 Å². The molecule has 0 aromatic rings. The van der Waals surface area contributed by atoms with Crippen LogP contribution in [0.15, 0.2) is 0 Å². The van der Waals surface area contributed by atoms with Gasteiger partial charge in [0.1, 0.15) is 6.17 Å². The highest BCUT2D eigenvalue weighted by Crippen LogP contribution is 2.11. The highest BCUT2D eigenvalue weighted by atomic mass is 17.0. The maximum Gasteiger partial charge on any atom is 0.221 e. The molecule has 0 saturated heterocycles. The van der Waals surface area contributed by atoms with E-state index in [0.717, 1.165) is 12.8 Å². The molecule has 7 heteroatoms. The lowest BCUT2D eigenvalue weighted by molar-refractivity contribution is -0.394. The van der Waals surface area contributed by atoms with Gasteiger partial charge in [-0.3, -0.25) is 14.5 Å². The molecule has 1 amide bonds. The first-order valence-corrected chi connectivity index (χ1v) is 10.3. The Morgan fingerprint density at radius 1 is 0.885 bits per heavy atom. The number of aliphatic hydroxyl groups is 2. The van der Waals surface area contributed by atoms with E-state index in [1.807, 2.05) is 6.92 Å². The van der Waals surface area contributed by atoms with Crippen molar-refractivity contribution in [2.45, 2.75) is 90.6 Å². The molecule has 0 aliphatic rings. The fourth-order valence-electron chi connectivity index (χ4n) is 2.64. The van der Waals surface area contributed by atoms with Crippen LogP contribution in [0, 0.1) is 0 Å². The molecule has 1 unspecified atom stereocenters. The van der Waals surface area contributed by atoms with Gasteiger partial charge in [-0.15, -0.1) is 0 Å². The summed E-state index contributed by atoms with van der Waals surface area (Å²) in [6.07, 6.45) is 11.6. The Morgan fingerprint density at radius 2 is 1.38 bits per heavy atom. The molecule has 0 heterocycles. The second-order valence-corrected chi connectivity index (χ2v) is 6.47. The Balaban J connectivity index is 3.93. The largest absolute Gasteiger partial charge is 0.394 e. The minimum Gasteiger partial charge on any atom is -0.394 e. The van der Waals surface area contributed by atoms with E-state index in [2.05, 4.69) is 12.2 Å². The fraction of sp³-hybridized carbons (Fsp3) is 0.947. The standard InChI is InChI=1S/C19H40N2O5/c1-3-5-6-7-8-9-10-11-12-13-19(24)20-18(4-2)21(25-16-14-22)26-17-15-23/h18,22-23H,3-17H2,1-2H3,(H,20,24). The zero-order chi connectivity index (χ0) is 19.5. The van der Waals surface area contributed by atoms with Crippen molar-refractivity contribution in [2.24, 2.45) is 0 Å². The first kappa shape index (κ1) is 25.3. The number of carbonyl (C=O) groups is 1. The third kappa shape index (κ3) is 14.4. The molecule has 1 atom stereocenters. The molecule has 156 valence electrons. The normalized spacial score (nSPS) is 12.5. The SMILES string of the molecule is CCCCCCCCCCCC(=O)NC(CC)N(OCCO)OCCO. The molecule has 3 N–H and O–H groups in total. The lowest BCUT2D eigenvalue weighted by Gasteiger charge is -2.29. The first-order valence-electron chi connectivity index (χ1n) is 10.3. The summed E-state index contributed by atoms with van der Waals surface area (Å²) in [6.45, 7) is 3.96. The van der Waals surface area contributed by atoms with E-state index in [-0.39, 0.29) is 32.3 Å². The summed E-state index contributed by atoms with van der Waals surface area (Å²) < 4.78 is 0. The van der Waals surface area contributed by atoms with E-state index in [9.17, 15) is 4.79 Å². The summed E-state index contributed by atoms with van der Waals surface area (Å²) in [5.41, 5.74) is 0. The van der Waals surface area contributed by atoms with Crippen molar-refractivity contribution in [1.82, 2.24) is 10.5 Å². The molecule has 0 aromatic carbocycles. The van der Waals surface area contributed by atoms with Gasteiger partial charge < -0.3 is 15.5 Å². The number of unbranched alkanes of at least 4 members (excludes halogenated alkanes) is 8. The van der Waals surface area contributed by atoms with Gasteiger partial charge in [0.15, 0.2) is 0 Å². The number of rotatable bonds is 19. The van der Waals surface area contributed by atoms with Crippen LogP contribution in [0.1, 0.15) is 84.5 Å². The number of hydrogen-bond acceptors (Lipinski definition) is 6. The predicted molar refractivity (Wildman–Crippen MR) is 102 cm³/mol. The Kier molecular flexibility index (Phi) is 18.5. The minimum absolute atomic E-state index is 0.0370. The molecule has 0 rings (SSSR count). The van der Waals surface area contributed by atoms with Crippen LogP contribution < -0.4 is 5.32 Å². The van der Waals surface area contributed by atoms with E-state index in [1.165, 1.54) is 50.2 Å². The van der Waals surface area contributed by atoms with Gasteiger partial charge in [0.2, 0.25) is 5.91 Å². The molecule has 0 fully saturated rings. The van der Waals surface area contributed by atoms with Gasteiger partial charge >= 0.3 is 0 Å². The number of hydrogen-bond donors (Lipinski definition) is 3. The molecule has 0 saturated carbocycles. The van der Waals surface area contributed by atoms with Crippen molar-refractivity contribution in [1.29, 1.82) is 0 Å². The summed E-state index contributed by atoms with van der Waals surface area (Å²) in [5.74, 6) is -0.0370. The highest BCUT2D eigenvalue weighted by molar-refractivity contribution is 5.76. The molecular weight excluding hydrogens is 336 g/mol. The van der Waals surface area contributed by atoms with Crippen molar-refractivity contribution >= 4 is 5.91 Å². The minimum atomic E-state index is -0.445. The summed E-state index contributed by atoms with van der Waals surface area (Å²) in [6, 6.07) is 0. The van der Waals surface area contributed by atoms with Crippen molar-refractivity contribution in [3.63, 3.8) is 0 Å².